The van der Waals surface area contributed by atoms with Crippen LogP contribution in [0.4, 0.5) is 23.2 Å². The number of carboxylic acid groups (broad SMARTS) is 1. The molecule has 1 saturated heterocycles. The molecule has 1 aromatic rings. The standard InChI is InChI=1S/C15H10F4N4O5/c1-2-3-21-13(24)15(14(25)26)4-27-12(28-5-15)6-7(16)9(18)11(22-23-20)10(19)8(6)17/h1,12H,3-5H2,(H,21,24)(H,25,26). The van der Waals surface area contributed by atoms with E-state index in [0.717, 1.165) is 0 Å². The highest BCUT2D eigenvalue weighted by Crippen LogP contribution is 2.38. The van der Waals surface area contributed by atoms with Crippen LogP contribution in [0.5, 0.6) is 0 Å². The first-order chi connectivity index (χ1) is 13.2. The fourth-order valence-corrected chi connectivity index (χ4v) is 2.32. The number of carbonyl (C=O) groups excluding carboxylic acids is 1. The first-order valence-electron chi connectivity index (χ1n) is 7.30. The Hall–Kier alpha value is -3.33. The lowest BCUT2D eigenvalue weighted by Gasteiger charge is -2.35. The molecule has 0 unspecified atom stereocenters. The number of amides is 1. The van der Waals surface area contributed by atoms with Crippen LogP contribution in [0.3, 0.4) is 0 Å². The van der Waals surface area contributed by atoms with Crippen molar-refractivity contribution in [2.24, 2.45) is 10.5 Å². The Bertz CT molecular complexity index is 889. The second kappa shape index (κ2) is 8.13. The molecule has 28 heavy (non-hydrogen) atoms. The molecule has 9 nitrogen and oxygen atoms in total. The Morgan fingerprint density at radius 1 is 1.25 bits per heavy atom. The fourth-order valence-electron chi connectivity index (χ4n) is 2.32. The Morgan fingerprint density at radius 3 is 2.21 bits per heavy atom. The minimum Gasteiger partial charge on any atom is -0.480 e. The highest BCUT2D eigenvalue weighted by atomic mass is 19.2. The number of carboxylic acids is 1. The Kier molecular flexibility index (Phi) is 6.09. The normalized spacial score (nSPS) is 21.3. The number of nitrogens with one attached hydrogen (secondary N) is 1. The van der Waals surface area contributed by atoms with Crippen molar-refractivity contribution in [2.45, 2.75) is 6.29 Å². The van der Waals surface area contributed by atoms with Gasteiger partial charge in [0.15, 0.2) is 35.0 Å². The van der Waals surface area contributed by atoms with E-state index in [0.29, 0.717) is 0 Å². The van der Waals surface area contributed by atoms with Crippen LogP contribution in [-0.2, 0) is 19.1 Å². The predicted molar refractivity (Wildman–Crippen MR) is 81.6 cm³/mol. The third-order valence-electron chi connectivity index (χ3n) is 3.81. The summed E-state index contributed by atoms with van der Waals surface area (Å²) >= 11 is 0. The molecule has 1 aliphatic heterocycles. The molecule has 2 rings (SSSR count). The number of ether oxygens (including phenoxy) is 2. The molecule has 1 fully saturated rings. The van der Waals surface area contributed by atoms with Crippen molar-refractivity contribution in [3.05, 3.63) is 39.3 Å². The molecule has 0 saturated carbocycles. The molecule has 1 aromatic carbocycles. The van der Waals surface area contributed by atoms with Gasteiger partial charge in [0.25, 0.3) is 0 Å². The van der Waals surface area contributed by atoms with Crippen LogP contribution in [0.25, 0.3) is 10.4 Å². The van der Waals surface area contributed by atoms with Gasteiger partial charge >= 0.3 is 5.97 Å². The number of carbonyl (C=O) groups is 2. The van der Waals surface area contributed by atoms with Gasteiger partial charge in [0.2, 0.25) is 5.91 Å². The third-order valence-corrected chi connectivity index (χ3v) is 3.81. The van der Waals surface area contributed by atoms with E-state index in [1.54, 1.807) is 0 Å². The van der Waals surface area contributed by atoms with Gasteiger partial charge in [-0.2, -0.15) is 0 Å². The predicted octanol–water partition coefficient (Wildman–Crippen LogP) is 2.05. The van der Waals surface area contributed by atoms with E-state index in [9.17, 15) is 32.3 Å². The molecule has 13 heteroatoms. The van der Waals surface area contributed by atoms with E-state index in [1.165, 1.54) is 0 Å². The zero-order chi connectivity index (χ0) is 21.1. The average molecular weight is 402 g/mol. The molecule has 0 atom stereocenters. The quantitative estimate of drug-likeness (QED) is 0.148. The van der Waals surface area contributed by atoms with Crippen molar-refractivity contribution >= 4 is 17.6 Å². The molecule has 2 N–H and O–H groups in total. The van der Waals surface area contributed by atoms with E-state index in [2.05, 4.69) is 15.3 Å². The minimum absolute atomic E-state index is 0.308. The Balaban J connectivity index is 2.37. The number of azide groups is 1. The van der Waals surface area contributed by atoms with Crippen LogP contribution < -0.4 is 5.32 Å². The van der Waals surface area contributed by atoms with Gasteiger partial charge < -0.3 is 19.9 Å². The summed E-state index contributed by atoms with van der Waals surface area (Å²) in [5.74, 6) is -8.66. The van der Waals surface area contributed by atoms with Crippen LogP contribution in [0.1, 0.15) is 11.9 Å². The van der Waals surface area contributed by atoms with Gasteiger partial charge in [0, 0.05) is 4.91 Å². The summed E-state index contributed by atoms with van der Waals surface area (Å²) in [4.78, 5) is 25.6. The number of hydrogen-bond donors (Lipinski definition) is 2. The number of rotatable bonds is 5. The zero-order valence-electron chi connectivity index (χ0n) is 13.7. The summed E-state index contributed by atoms with van der Waals surface area (Å²) in [5, 5.41) is 14.0. The molecular formula is C15H10F4N4O5. The first kappa shape index (κ1) is 21.0. The summed E-state index contributed by atoms with van der Waals surface area (Å²) in [6.45, 7) is -2.19. The van der Waals surface area contributed by atoms with E-state index in [-0.39, 0.29) is 6.54 Å². The summed E-state index contributed by atoms with van der Waals surface area (Å²) in [7, 11) is 0. The molecule has 0 aromatic heterocycles. The number of aliphatic carboxylic acids is 1. The van der Waals surface area contributed by atoms with Crippen molar-refractivity contribution in [3.8, 4) is 12.3 Å². The Morgan fingerprint density at radius 2 is 1.79 bits per heavy atom. The summed E-state index contributed by atoms with van der Waals surface area (Å²) < 4.78 is 65.8. The third kappa shape index (κ3) is 3.44. The number of benzene rings is 1. The molecule has 1 heterocycles. The van der Waals surface area contributed by atoms with E-state index in [4.69, 9.17) is 21.4 Å². The van der Waals surface area contributed by atoms with Crippen molar-refractivity contribution in [1.29, 1.82) is 0 Å². The lowest BCUT2D eigenvalue weighted by atomic mass is 9.88. The molecule has 148 valence electrons. The molecule has 0 radical (unpaired) electrons. The largest absolute Gasteiger partial charge is 0.480 e. The molecule has 1 amide bonds. The van der Waals surface area contributed by atoms with E-state index >= 15 is 0 Å². The fraction of sp³-hybridized carbons (Fsp3) is 0.333. The van der Waals surface area contributed by atoms with Crippen molar-refractivity contribution in [3.63, 3.8) is 0 Å². The van der Waals surface area contributed by atoms with Crippen LogP contribution in [0.15, 0.2) is 5.11 Å². The second-order valence-electron chi connectivity index (χ2n) is 5.44. The second-order valence-corrected chi connectivity index (χ2v) is 5.44. The number of hydrogen-bond acceptors (Lipinski definition) is 5. The maximum atomic E-state index is 14.1. The van der Waals surface area contributed by atoms with Crippen LogP contribution in [0, 0.1) is 41.0 Å². The SMILES string of the molecule is C#CCNC(=O)C1(C(=O)O)COC(c2c(F)c(F)c(N=[N+]=[N-])c(F)c2F)OC1. The van der Waals surface area contributed by atoms with Gasteiger partial charge in [-0.3, -0.25) is 9.59 Å². The first-order valence-corrected chi connectivity index (χ1v) is 7.30. The van der Waals surface area contributed by atoms with Gasteiger partial charge in [-0.25, -0.2) is 17.6 Å². The highest BCUT2D eigenvalue weighted by molar-refractivity contribution is 6.02. The number of terminal acetylenes is 1. The molecule has 0 bridgehead atoms. The molecule has 1 aliphatic rings. The molecular weight excluding hydrogens is 392 g/mol. The lowest BCUT2D eigenvalue weighted by molar-refractivity contribution is -0.236. The number of nitrogens with zero attached hydrogens (tertiary/aromatic N) is 3. The lowest BCUT2D eigenvalue weighted by Crippen LogP contribution is -2.55. The maximum absolute atomic E-state index is 14.1. The van der Waals surface area contributed by atoms with E-state index in [1.807, 2.05) is 5.92 Å². The number of halogens is 4. The van der Waals surface area contributed by atoms with Crippen LogP contribution >= 0.6 is 0 Å². The average Bonchev–Trinajstić information content (AvgIpc) is 2.68. The highest BCUT2D eigenvalue weighted by Gasteiger charge is 2.51. The van der Waals surface area contributed by atoms with E-state index < -0.39 is 71.3 Å². The monoisotopic (exact) mass is 402 g/mol. The van der Waals surface area contributed by atoms with Crippen molar-refractivity contribution in [1.82, 2.24) is 5.32 Å². The van der Waals surface area contributed by atoms with Crippen LogP contribution in [-0.4, -0.2) is 36.7 Å². The van der Waals surface area contributed by atoms with Gasteiger partial charge in [0.1, 0.15) is 5.69 Å². The van der Waals surface area contributed by atoms with Gasteiger partial charge in [-0.15, -0.1) is 6.42 Å². The summed E-state index contributed by atoms with van der Waals surface area (Å²) in [5.41, 5.74) is 3.03. The smallest absolute Gasteiger partial charge is 0.324 e. The zero-order valence-corrected chi connectivity index (χ0v) is 13.7. The van der Waals surface area contributed by atoms with Crippen molar-refractivity contribution < 1.29 is 41.7 Å². The topological polar surface area (TPSA) is 134 Å². The minimum atomic E-state index is -2.30. The maximum Gasteiger partial charge on any atom is 0.324 e. The van der Waals surface area contributed by atoms with Crippen LogP contribution in [0.2, 0.25) is 0 Å². The van der Waals surface area contributed by atoms with Gasteiger partial charge in [-0.05, 0) is 5.53 Å². The Labute approximate surface area is 153 Å². The summed E-state index contributed by atoms with van der Waals surface area (Å²) in [6.07, 6.45) is 2.89. The van der Waals surface area contributed by atoms with Crippen molar-refractivity contribution in [2.75, 3.05) is 19.8 Å². The van der Waals surface area contributed by atoms with Gasteiger partial charge in [-0.1, -0.05) is 11.0 Å². The van der Waals surface area contributed by atoms with Gasteiger partial charge in [0.05, 0.1) is 25.3 Å². The molecule has 0 spiro atoms. The molecule has 0 aliphatic carbocycles. The summed E-state index contributed by atoms with van der Waals surface area (Å²) in [6, 6.07) is 0.